The second-order valence-electron chi connectivity index (χ2n) is 7.09. The Bertz CT molecular complexity index is 1130. The van der Waals surface area contributed by atoms with E-state index in [1.165, 1.54) is 6.20 Å². The van der Waals surface area contributed by atoms with Crippen molar-refractivity contribution in [1.82, 2.24) is 9.97 Å². The van der Waals surface area contributed by atoms with Gasteiger partial charge in [0.2, 0.25) is 5.95 Å². The quantitative estimate of drug-likeness (QED) is 0.255. The number of ether oxygens (including phenoxy) is 1. The molecule has 0 bridgehead atoms. The summed E-state index contributed by atoms with van der Waals surface area (Å²) < 4.78 is 18.1. The van der Waals surface area contributed by atoms with Gasteiger partial charge in [0.05, 0.1) is 24.7 Å². The van der Waals surface area contributed by atoms with Crippen LogP contribution in [0.4, 0.5) is 28.8 Å². The molecule has 32 heavy (non-hydrogen) atoms. The molecule has 0 aliphatic heterocycles. The summed E-state index contributed by atoms with van der Waals surface area (Å²) in [7, 11) is -0.896. The fraction of sp³-hybridized carbons (Fsp3) is 0.217. The molecule has 0 aliphatic rings. The molecule has 0 radical (unpaired) electrons. The number of hydrogen-bond acceptors (Lipinski definition) is 7. The molecule has 0 atom stereocenters. The Hall–Kier alpha value is -3.02. The highest BCUT2D eigenvalue weighted by Gasteiger charge is 2.17. The van der Waals surface area contributed by atoms with Gasteiger partial charge >= 0.3 is 0 Å². The lowest BCUT2D eigenvalue weighted by atomic mass is 10.2. The van der Waals surface area contributed by atoms with E-state index in [1.807, 2.05) is 42.5 Å². The molecule has 3 aromatic rings. The molecule has 170 valence electrons. The summed E-state index contributed by atoms with van der Waals surface area (Å²) in [4.78, 5) is 8.76. The van der Waals surface area contributed by atoms with E-state index in [0.29, 0.717) is 40.5 Å². The number of nitrogens with zero attached hydrogens (tertiary/aromatic N) is 2. The molecular weight excluding hydrogens is 445 g/mol. The predicted octanol–water partition coefficient (Wildman–Crippen LogP) is 6.11. The molecule has 0 fully saturated rings. The first-order valence-electron chi connectivity index (χ1n) is 9.56. The maximum Gasteiger partial charge on any atom is 0.229 e. The highest BCUT2D eigenvalue weighted by molar-refractivity contribution is 7.70. The molecule has 0 saturated heterocycles. The number of methoxy groups -OCH3 is 1. The number of rotatable bonds is 9. The van der Waals surface area contributed by atoms with E-state index in [1.54, 1.807) is 26.5 Å². The first-order chi connectivity index (χ1) is 14.8. The van der Waals surface area contributed by atoms with E-state index in [9.17, 15) is 4.57 Å². The van der Waals surface area contributed by atoms with Gasteiger partial charge in [0.1, 0.15) is 17.9 Å². The van der Waals surface area contributed by atoms with E-state index >= 15 is 0 Å². The van der Waals surface area contributed by atoms with Crippen LogP contribution in [0.2, 0.25) is 5.02 Å². The van der Waals surface area contributed by atoms with Gasteiger partial charge in [-0.25, -0.2) is 4.98 Å². The molecule has 3 N–H and O–H groups in total. The number of anilines is 5. The molecule has 0 unspecified atom stereocenters. The number of aromatic nitrogens is 2. The van der Waals surface area contributed by atoms with Crippen molar-refractivity contribution in [3.8, 4) is 5.75 Å². The summed E-state index contributed by atoms with van der Waals surface area (Å²) in [6.07, 6.45) is 3.29. The minimum absolute atomic E-state index is 0. The van der Waals surface area contributed by atoms with Crippen molar-refractivity contribution in [2.75, 3.05) is 42.9 Å². The second-order valence-corrected chi connectivity index (χ2v) is 10.7. The van der Waals surface area contributed by atoms with Crippen molar-refractivity contribution in [2.24, 2.45) is 0 Å². The summed E-state index contributed by atoms with van der Waals surface area (Å²) in [5.41, 5.74) is 2.30. The Morgan fingerprint density at radius 1 is 1.16 bits per heavy atom. The van der Waals surface area contributed by atoms with Gasteiger partial charge in [-0.3, -0.25) is 0 Å². The fourth-order valence-corrected chi connectivity index (χ4v) is 4.20. The largest absolute Gasteiger partial charge is 0.494 e. The normalized spacial score (nSPS) is 10.6. The number of para-hydroxylation sites is 1. The zero-order chi connectivity index (χ0) is 22.4. The molecule has 0 spiro atoms. The van der Waals surface area contributed by atoms with Gasteiger partial charge in [-0.05, 0) is 37.6 Å². The Morgan fingerprint density at radius 2 is 1.91 bits per heavy atom. The van der Waals surface area contributed by atoms with Crippen LogP contribution in [0.5, 0.6) is 5.75 Å². The van der Waals surface area contributed by atoms with Crippen LogP contribution in [0.15, 0.2) is 61.3 Å². The minimum atomic E-state index is -2.49. The average molecular weight is 474 g/mol. The van der Waals surface area contributed by atoms with Crippen LogP contribution < -0.4 is 26.0 Å². The Balaban J connectivity index is 0.00000363. The van der Waals surface area contributed by atoms with Crippen LogP contribution in [0, 0.1) is 0 Å². The topological polar surface area (TPSA) is 88.2 Å². The van der Waals surface area contributed by atoms with E-state index in [4.69, 9.17) is 16.3 Å². The van der Waals surface area contributed by atoms with Gasteiger partial charge in [0.15, 0.2) is 5.82 Å². The standard InChI is InChI=1S/C22H25ClN5O2P.CH4/c1-5-12-24-15-10-11-17(19(13-15)30-2)27-22-25-14-16(23)21(28-22)26-18-8-6-7-9-20(18)31(3,4)29;/h5-11,13-14,24H,1,12H2,2-4H3,(H2,25,26,27,28);1H4. The third kappa shape index (κ3) is 6.25. The van der Waals surface area contributed by atoms with Crippen molar-refractivity contribution in [3.63, 3.8) is 0 Å². The van der Waals surface area contributed by atoms with Crippen molar-refractivity contribution >= 4 is 52.9 Å². The van der Waals surface area contributed by atoms with Crippen LogP contribution in [0.25, 0.3) is 0 Å². The lowest BCUT2D eigenvalue weighted by Gasteiger charge is -2.16. The third-order valence-electron chi connectivity index (χ3n) is 4.38. The SMILES string of the molecule is C.C=CCNc1ccc(Nc2ncc(Cl)c(Nc3ccccc3P(C)(C)=O)n2)c(OC)c1. The van der Waals surface area contributed by atoms with E-state index in [0.717, 1.165) is 11.0 Å². The molecule has 0 aliphatic carbocycles. The van der Waals surface area contributed by atoms with Crippen LogP contribution in [-0.2, 0) is 4.57 Å². The van der Waals surface area contributed by atoms with Gasteiger partial charge in [-0.2, -0.15) is 4.98 Å². The Labute approximate surface area is 194 Å². The maximum atomic E-state index is 12.6. The van der Waals surface area contributed by atoms with E-state index in [2.05, 4.69) is 32.5 Å². The number of halogens is 1. The summed E-state index contributed by atoms with van der Waals surface area (Å²) in [5.74, 6) is 1.37. The van der Waals surface area contributed by atoms with E-state index < -0.39 is 7.14 Å². The zero-order valence-electron chi connectivity index (χ0n) is 17.6. The first-order valence-corrected chi connectivity index (χ1v) is 12.5. The summed E-state index contributed by atoms with van der Waals surface area (Å²) in [5, 5.41) is 10.6. The number of benzene rings is 2. The summed E-state index contributed by atoms with van der Waals surface area (Å²) in [6, 6.07) is 13.1. The summed E-state index contributed by atoms with van der Waals surface area (Å²) >= 11 is 6.32. The molecule has 1 aromatic heterocycles. The fourth-order valence-electron chi connectivity index (χ4n) is 2.91. The third-order valence-corrected chi connectivity index (χ3v) is 6.21. The Morgan fingerprint density at radius 3 is 2.59 bits per heavy atom. The van der Waals surface area contributed by atoms with Crippen LogP contribution >= 0.6 is 18.7 Å². The molecule has 9 heteroatoms. The average Bonchev–Trinajstić information content (AvgIpc) is 2.75. The molecule has 1 heterocycles. The Kier molecular flexibility index (Phi) is 8.70. The van der Waals surface area contributed by atoms with Crippen molar-refractivity contribution < 1.29 is 9.30 Å². The van der Waals surface area contributed by atoms with Crippen LogP contribution in [0.3, 0.4) is 0 Å². The molecule has 0 amide bonds. The molecule has 0 saturated carbocycles. The highest BCUT2D eigenvalue weighted by Crippen LogP contribution is 2.38. The van der Waals surface area contributed by atoms with Gasteiger partial charge in [-0.1, -0.05) is 37.2 Å². The smallest absolute Gasteiger partial charge is 0.229 e. The van der Waals surface area contributed by atoms with Crippen molar-refractivity contribution in [1.29, 1.82) is 0 Å². The van der Waals surface area contributed by atoms with Crippen molar-refractivity contribution in [2.45, 2.75) is 7.43 Å². The van der Waals surface area contributed by atoms with Gasteiger partial charge in [0, 0.05) is 23.6 Å². The van der Waals surface area contributed by atoms with Gasteiger partial charge in [0.25, 0.3) is 0 Å². The van der Waals surface area contributed by atoms with Gasteiger partial charge < -0.3 is 25.3 Å². The molecule has 3 rings (SSSR count). The molecular formula is C23H29ClN5O2P. The number of hydrogen-bond donors (Lipinski definition) is 3. The first kappa shape index (κ1) is 25.2. The van der Waals surface area contributed by atoms with Crippen LogP contribution in [0.1, 0.15) is 7.43 Å². The number of nitrogens with one attached hydrogen (secondary N) is 3. The van der Waals surface area contributed by atoms with Gasteiger partial charge in [-0.15, -0.1) is 6.58 Å². The zero-order valence-corrected chi connectivity index (χ0v) is 19.3. The van der Waals surface area contributed by atoms with Crippen molar-refractivity contribution in [3.05, 3.63) is 66.3 Å². The lowest BCUT2D eigenvalue weighted by molar-refractivity contribution is 0.417. The van der Waals surface area contributed by atoms with Crippen LogP contribution in [-0.4, -0.2) is 37.0 Å². The molecule has 7 nitrogen and oxygen atoms in total. The second kappa shape index (κ2) is 11.0. The minimum Gasteiger partial charge on any atom is -0.494 e. The summed E-state index contributed by atoms with van der Waals surface area (Å²) in [6.45, 7) is 7.80. The maximum absolute atomic E-state index is 12.6. The predicted molar refractivity (Wildman–Crippen MR) is 138 cm³/mol. The highest BCUT2D eigenvalue weighted by atomic mass is 35.5. The monoisotopic (exact) mass is 473 g/mol. The molecule has 2 aromatic carbocycles. The lowest BCUT2D eigenvalue weighted by Crippen LogP contribution is -2.11. The van der Waals surface area contributed by atoms with E-state index in [-0.39, 0.29) is 7.43 Å².